The lowest BCUT2D eigenvalue weighted by molar-refractivity contribution is 0.100. The van der Waals surface area contributed by atoms with E-state index >= 15 is 0 Å². The fourth-order valence-electron chi connectivity index (χ4n) is 3.82. The van der Waals surface area contributed by atoms with Gasteiger partial charge >= 0.3 is 0 Å². The van der Waals surface area contributed by atoms with Gasteiger partial charge in [-0.3, -0.25) is 4.79 Å². The summed E-state index contributed by atoms with van der Waals surface area (Å²) in [5.74, 6) is -0.716. The number of halogens is 1. The van der Waals surface area contributed by atoms with Crippen LogP contribution in [0.15, 0.2) is 36.5 Å². The van der Waals surface area contributed by atoms with Crippen LogP contribution in [-0.2, 0) is 9.84 Å². The molecule has 0 saturated carbocycles. The summed E-state index contributed by atoms with van der Waals surface area (Å²) in [6.07, 6.45) is 2.32. The van der Waals surface area contributed by atoms with Crippen molar-refractivity contribution in [2.75, 3.05) is 11.5 Å². The molecule has 0 bridgehead atoms. The molecule has 0 spiro atoms. The number of carbonyl (C=O) groups excluding carboxylic acids is 1. The summed E-state index contributed by atoms with van der Waals surface area (Å²) < 4.78 is 37.4. The lowest BCUT2D eigenvalue weighted by Crippen LogP contribution is -2.12. The first-order valence-electron chi connectivity index (χ1n) is 8.67. The molecule has 7 heteroatoms. The summed E-state index contributed by atoms with van der Waals surface area (Å²) in [6.45, 7) is 1.68. The number of rotatable bonds is 3. The van der Waals surface area contributed by atoms with E-state index in [0.29, 0.717) is 23.1 Å². The number of aromatic nitrogens is 1. The van der Waals surface area contributed by atoms with Crippen LogP contribution in [-0.4, -0.2) is 30.8 Å². The van der Waals surface area contributed by atoms with Gasteiger partial charge in [0, 0.05) is 17.5 Å². The van der Waals surface area contributed by atoms with Gasteiger partial charge in [0.25, 0.3) is 5.91 Å². The Labute approximate surface area is 156 Å². The van der Waals surface area contributed by atoms with Crippen molar-refractivity contribution >= 4 is 26.6 Å². The fraction of sp³-hybridized carbons (Fsp3) is 0.250. The molecule has 1 amide bonds. The molecule has 2 heterocycles. The molecule has 1 saturated heterocycles. The number of benzene rings is 2. The minimum Gasteiger partial charge on any atom is -0.366 e. The van der Waals surface area contributed by atoms with Crippen LogP contribution in [0.1, 0.15) is 33.8 Å². The van der Waals surface area contributed by atoms with Crippen LogP contribution in [0.25, 0.3) is 22.0 Å². The molecule has 4 rings (SSSR count). The van der Waals surface area contributed by atoms with Crippen molar-refractivity contribution in [3.05, 3.63) is 59.0 Å². The third kappa shape index (κ3) is 3.12. The zero-order valence-corrected chi connectivity index (χ0v) is 15.6. The van der Waals surface area contributed by atoms with E-state index in [2.05, 4.69) is 4.98 Å². The Balaban J connectivity index is 1.92. The summed E-state index contributed by atoms with van der Waals surface area (Å²) in [5, 5.41) is 0.783. The van der Waals surface area contributed by atoms with Gasteiger partial charge in [0.15, 0.2) is 9.84 Å². The summed E-state index contributed by atoms with van der Waals surface area (Å²) in [7, 11) is -3.04. The molecule has 3 aromatic rings. The zero-order chi connectivity index (χ0) is 19.3. The molecular formula is C20H19FN2O3S. The van der Waals surface area contributed by atoms with Gasteiger partial charge in [-0.25, -0.2) is 12.8 Å². The zero-order valence-electron chi connectivity index (χ0n) is 14.8. The van der Waals surface area contributed by atoms with E-state index in [1.54, 1.807) is 31.3 Å². The molecule has 0 aliphatic carbocycles. The quantitative estimate of drug-likeness (QED) is 0.723. The van der Waals surface area contributed by atoms with Gasteiger partial charge in [-0.05, 0) is 59.9 Å². The Morgan fingerprint density at radius 3 is 2.63 bits per heavy atom. The Morgan fingerprint density at radius 1 is 1.22 bits per heavy atom. The molecular weight excluding hydrogens is 367 g/mol. The lowest BCUT2D eigenvalue weighted by Gasteiger charge is -2.10. The third-order valence-electron chi connectivity index (χ3n) is 5.25. The van der Waals surface area contributed by atoms with Crippen molar-refractivity contribution in [2.45, 2.75) is 19.3 Å². The monoisotopic (exact) mass is 386 g/mol. The fourth-order valence-corrected chi connectivity index (χ4v) is 5.59. The van der Waals surface area contributed by atoms with Gasteiger partial charge in [0.05, 0.1) is 22.6 Å². The second-order valence-electron chi connectivity index (χ2n) is 7.12. The van der Waals surface area contributed by atoms with Gasteiger partial charge in [0.2, 0.25) is 0 Å². The first kappa shape index (κ1) is 17.7. The topological polar surface area (TPSA) is 93.0 Å². The highest BCUT2D eigenvalue weighted by Gasteiger charge is 2.31. The lowest BCUT2D eigenvalue weighted by atomic mass is 9.93. The highest BCUT2D eigenvalue weighted by atomic mass is 32.2. The molecule has 1 aliphatic rings. The minimum absolute atomic E-state index is 0.103. The number of hydrogen-bond acceptors (Lipinski definition) is 3. The second-order valence-corrected chi connectivity index (χ2v) is 9.35. The number of aromatic amines is 1. The van der Waals surface area contributed by atoms with Crippen molar-refractivity contribution < 1.29 is 17.6 Å². The molecule has 1 aliphatic heterocycles. The van der Waals surface area contributed by atoms with Gasteiger partial charge in [0.1, 0.15) is 5.82 Å². The van der Waals surface area contributed by atoms with Crippen LogP contribution in [0.4, 0.5) is 4.39 Å². The SMILES string of the molecule is Cc1cc(-c2cc(C(N)=O)c3[nH]cc([C@@H]4CCS(=O)(=O)C4)c3c2)ccc1F. The predicted octanol–water partition coefficient (Wildman–Crippen LogP) is 3.28. The maximum absolute atomic E-state index is 13.6. The number of primary amides is 1. The number of nitrogens with one attached hydrogen (secondary N) is 1. The smallest absolute Gasteiger partial charge is 0.250 e. The third-order valence-corrected chi connectivity index (χ3v) is 7.02. The summed E-state index contributed by atoms with van der Waals surface area (Å²) >= 11 is 0. The maximum atomic E-state index is 13.6. The number of sulfone groups is 1. The highest BCUT2D eigenvalue weighted by Crippen LogP contribution is 2.37. The van der Waals surface area contributed by atoms with E-state index in [0.717, 1.165) is 22.1 Å². The van der Waals surface area contributed by atoms with Crippen LogP contribution in [0, 0.1) is 12.7 Å². The molecule has 5 nitrogen and oxygen atoms in total. The van der Waals surface area contributed by atoms with Crippen LogP contribution >= 0.6 is 0 Å². The van der Waals surface area contributed by atoms with E-state index < -0.39 is 15.7 Å². The molecule has 0 radical (unpaired) electrons. The van der Waals surface area contributed by atoms with E-state index in [-0.39, 0.29) is 23.2 Å². The summed E-state index contributed by atoms with van der Waals surface area (Å²) in [5.41, 5.74) is 9.38. The van der Waals surface area contributed by atoms with Crippen molar-refractivity contribution in [1.82, 2.24) is 4.98 Å². The van der Waals surface area contributed by atoms with Gasteiger partial charge < -0.3 is 10.7 Å². The molecule has 0 unspecified atom stereocenters. The van der Waals surface area contributed by atoms with Crippen molar-refractivity contribution in [1.29, 1.82) is 0 Å². The predicted molar refractivity (Wildman–Crippen MR) is 103 cm³/mol. The van der Waals surface area contributed by atoms with Crippen LogP contribution in [0.2, 0.25) is 0 Å². The van der Waals surface area contributed by atoms with Crippen molar-refractivity contribution in [3.8, 4) is 11.1 Å². The molecule has 140 valence electrons. The van der Waals surface area contributed by atoms with Crippen LogP contribution in [0.5, 0.6) is 0 Å². The average Bonchev–Trinajstić information content (AvgIpc) is 3.19. The Hall–Kier alpha value is -2.67. The standard InChI is InChI=1S/C20H19FN2O3S/c1-11-6-12(2-3-18(11)21)14-7-15-17(13-4-5-27(25,26)10-13)9-23-19(15)16(8-14)20(22)24/h2-3,6-9,13,23H,4-5,10H2,1H3,(H2,22,24)/t13-/m1/s1. The largest absolute Gasteiger partial charge is 0.366 e. The normalized spacial score (nSPS) is 18.8. The first-order chi connectivity index (χ1) is 12.7. The van der Waals surface area contributed by atoms with E-state index in [4.69, 9.17) is 5.73 Å². The average molecular weight is 386 g/mol. The number of fused-ring (bicyclic) bond motifs is 1. The number of aryl methyl sites for hydroxylation is 1. The van der Waals surface area contributed by atoms with Crippen LogP contribution < -0.4 is 5.73 Å². The molecule has 2 aromatic carbocycles. The van der Waals surface area contributed by atoms with Crippen molar-refractivity contribution in [3.63, 3.8) is 0 Å². The van der Waals surface area contributed by atoms with Gasteiger partial charge in [-0.15, -0.1) is 0 Å². The number of H-pyrrole nitrogens is 1. The van der Waals surface area contributed by atoms with Crippen LogP contribution in [0.3, 0.4) is 0 Å². The molecule has 1 fully saturated rings. The van der Waals surface area contributed by atoms with E-state index in [1.165, 1.54) is 6.07 Å². The molecule has 27 heavy (non-hydrogen) atoms. The van der Waals surface area contributed by atoms with E-state index in [1.807, 2.05) is 6.07 Å². The molecule has 1 aromatic heterocycles. The van der Waals surface area contributed by atoms with E-state index in [9.17, 15) is 17.6 Å². The first-order valence-corrected chi connectivity index (χ1v) is 10.5. The Kier molecular flexibility index (Phi) is 4.07. The maximum Gasteiger partial charge on any atom is 0.250 e. The Morgan fingerprint density at radius 2 is 2.00 bits per heavy atom. The molecule has 1 atom stereocenters. The minimum atomic E-state index is -3.04. The number of nitrogens with two attached hydrogens (primary N) is 1. The summed E-state index contributed by atoms with van der Waals surface area (Å²) in [4.78, 5) is 15.1. The number of hydrogen-bond donors (Lipinski definition) is 2. The van der Waals surface area contributed by atoms with Gasteiger partial charge in [-0.2, -0.15) is 0 Å². The second kappa shape index (κ2) is 6.20. The number of carbonyl (C=O) groups is 1. The van der Waals surface area contributed by atoms with Crippen molar-refractivity contribution in [2.24, 2.45) is 5.73 Å². The Bertz CT molecular complexity index is 1180. The summed E-state index contributed by atoms with van der Waals surface area (Å²) in [6, 6.07) is 8.35. The van der Waals surface area contributed by atoms with Gasteiger partial charge in [-0.1, -0.05) is 6.07 Å². The number of amides is 1. The highest BCUT2D eigenvalue weighted by molar-refractivity contribution is 7.91. The molecule has 3 N–H and O–H groups in total.